The first-order valence-corrected chi connectivity index (χ1v) is 11.8. The SMILES string of the molecule is COc1ccc(C=Cc2cc(-c3ccc(OC)c(OC)c3)n(-c3ccc(C(C)C)cc3)n2)cc1OC. The molecule has 0 saturated carbocycles. The van der Waals surface area contributed by atoms with Crippen LogP contribution in [0.5, 0.6) is 23.0 Å². The van der Waals surface area contributed by atoms with Gasteiger partial charge in [0, 0.05) is 5.56 Å². The van der Waals surface area contributed by atoms with Gasteiger partial charge in [0.25, 0.3) is 0 Å². The molecule has 0 atom stereocenters. The Morgan fingerprint density at radius 3 is 1.89 bits per heavy atom. The number of nitrogens with zero attached hydrogens (tertiary/aromatic N) is 2. The van der Waals surface area contributed by atoms with Crippen molar-refractivity contribution in [1.29, 1.82) is 0 Å². The minimum atomic E-state index is 0.460. The van der Waals surface area contributed by atoms with Crippen LogP contribution in [0.15, 0.2) is 66.7 Å². The Bertz CT molecular complexity index is 1350. The molecule has 3 aromatic carbocycles. The van der Waals surface area contributed by atoms with E-state index in [0.29, 0.717) is 28.9 Å². The summed E-state index contributed by atoms with van der Waals surface area (Å²) in [7, 11) is 6.53. The molecule has 4 aromatic rings. The molecule has 0 amide bonds. The summed E-state index contributed by atoms with van der Waals surface area (Å²) in [6.07, 6.45) is 4.00. The Morgan fingerprint density at radius 1 is 0.667 bits per heavy atom. The van der Waals surface area contributed by atoms with Crippen molar-refractivity contribution in [2.45, 2.75) is 19.8 Å². The summed E-state index contributed by atoms with van der Waals surface area (Å²) in [5, 5.41) is 4.92. The number of ether oxygens (including phenoxy) is 4. The highest BCUT2D eigenvalue weighted by atomic mass is 16.5. The Kier molecular flexibility index (Phi) is 7.64. The van der Waals surface area contributed by atoms with Crippen molar-refractivity contribution in [2.24, 2.45) is 0 Å². The van der Waals surface area contributed by atoms with E-state index in [1.807, 2.05) is 53.2 Å². The zero-order chi connectivity index (χ0) is 25.7. The molecule has 4 rings (SSSR count). The number of aromatic nitrogens is 2. The third-order valence-corrected chi connectivity index (χ3v) is 6.07. The summed E-state index contributed by atoms with van der Waals surface area (Å²) in [6, 6.07) is 22.3. The molecular formula is C30H32N2O4. The zero-order valence-electron chi connectivity index (χ0n) is 21.6. The molecule has 6 heteroatoms. The molecule has 0 aliphatic rings. The first-order chi connectivity index (χ1) is 17.5. The van der Waals surface area contributed by atoms with E-state index in [0.717, 1.165) is 28.2 Å². The molecular weight excluding hydrogens is 452 g/mol. The maximum atomic E-state index is 5.55. The summed E-state index contributed by atoms with van der Waals surface area (Å²) >= 11 is 0. The van der Waals surface area contributed by atoms with E-state index in [2.05, 4.69) is 44.2 Å². The van der Waals surface area contributed by atoms with Crippen LogP contribution in [0.3, 0.4) is 0 Å². The van der Waals surface area contributed by atoms with Gasteiger partial charge < -0.3 is 18.9 Å². The summed E-state index contributed by atoms with van der Waals surface area (Å²) in [6.45, 7) is 4.38. The first kappa shape index (κ1) is 24.9. The van der Waals surface area contributed by atoms with Crippen LogP contribution < -0.4 is 18.9 Å². The first-order valence-electron chi connectivity index (χ1n) is 11.8. The van der Waals surface area contributed by atoms with Gasteiger partial charge in [0.2, 0.25) is 0 Å². The number of hydrogen-bond donors (Lipinski definition) is 0. The summed E-state index contributed by atoms with van der Waals surface area (Å²) in [4.78, 5) is 0. The minimum Gasteiger partial charge on any atom is -0.493 e. The summed E-state index contributed by atoms with van der Waals surface area (Å²) in [5.74, 6) is 3.19. The summed E-state index contributed by atoms with van der Waals surface area (Å²) < 4.78 is 23.7. The molecule has 0 aliphatic heterocycles. The molecule has 1 aromatic heterocycles. The highest BCUT2D eigenvalue weighted by Crippen LogP contribution is 2.34. The van der Waals surface area contributed by atoms with Gasteiger partial charge in [-0.2, -0.15) is 5.10 Å². The zero-order valence-corrected chi connectivity index (χ0v) is 21.6. The highest BCUT2D eigenvalue weighted by molar-refractivity contribution is 5.74. The van der Waals surface area contributed by atoms with Crippen LogP contribution in [-0.4, -0.2) is 38.2 Å². The van der Waals surface area contributed by atoms with Crippen LogP contribution in [0.2, 0.25) is 0 Å². The third-order valence-electron chi connectivity index (χ3n) is 6.07. The van der Waals surface area contributed by atoms with Crippen molar-refractivity contribution in [1.82, 2.24) is 9.78 Å². The molecule has 0 saturated heterocycles. The van der Waals surface area contributed by atoms with E-state index < -0.39 is 0 Å². The molecule has 1 heterocycles. The molecule has 0 spiro atoms. The lowest BCUT2D eigenvalue weighted by molar-refractivity contribution is 0.355. The van der Waals surface area contributed by atoms with Gasteiger partial charge in [-0.3, -0.25) is 0 Å². The fourth-order valence-corrected chi connectivity index (χ4v) is 4.02. The average Bonchev–Trinajstić information content (AvgIpc) is 3.35. The van der Waals surface area contributed by atoms with Gasteiger partial charge in [-0.05, 0) is 71.7 Å². The molecule has 0 aliphatic carbocycles. The quantitative estimate of drug-likeness (QED) is 0.260. The predicted molar refractivity (Wildman–Crippen MR) is 145 cm³/mol. The fraction of sp³-hybridized carbons (Fsp3) is 0.233. The predicted octanol–water partition coefficient (Wildman–Crippen LogP) is 6.87. The van der Waals surface area contributed by atoms with Crippen LogP contribution >= 0.6 is 0 Å². The van der Waals surface area contributed by atoms with Gasteiger partial charge in [0.15, 0.2) is 23.0 Å². The number of rotatable bonds is 9. The highest BCUT2D eigenvalue weighted by Gasteiger charge is 2.14. The lowest BCUT2D eigenvalue weighted by Crippen LogP contribution is -2.00. The van der Waals surface area contributed by atoms with Crippen LogP contribution in [-0.2, 0) is 0 Å². The molecule has 0 N–H and O–H groups in total. The van der Waals surface area contributed by atoms with Crippen molar-refractivity contribution in [2.75, 3.05) is 28.4 Å². The largest absolute Gasteiger partial charge is 0.493 e. The van der Waals surface area contributed by atoms with Crippen LogP contribution in [0.1, 0.15) is 36.6 Å². The van der Waals surface area contributed by atoms with E-state index >= 15 is 0 Å². The number of methoxy groups -OCH3 is 4. The van der Waals surface area contributed by atoms with Gasteiger partial charge in [0.05, 0.1) is 45.5 Å². The second-order valence-electron chi connectivity index (χ2n) is 8.63. The van der Waals surface area contributed by atoms with Crippen molar-refractivity contribution in [3.63, 3.8) is 0 Å². The molecule has 0 bridgehead atoms. The van der Waals surface area contributed by atoms with Gasteiger partial charge in [-0.15, -0.1) is 0 Å². The molecule has 6 nitrogen and oxygen atoms in total. The van der Waals surface area contributed by atoms with Crippen molar-refractivity contribution >= 4 is 12.2 Å². The number of hydrogen-bond acceptors (Lipinski definition) is 5. The summed E-state index contributed by atoms with van der Waals surface area (Å²) in [5.41, 5.74) is 5.99. The normalized spacial score (nSPS) is 11.2. The molecule has 0 radical (unpaired) electrons. The fourth-order valence-electron chi connectivity index (χ4n) is 4.02. The molecule has 0 unspecified atom stereocenters. The van der Waals surface area contributed by atoms with Gasteiger partial charge >= 0.3 is 0 Å². The van der Waals surface area contributed by atoms with E-state index in [4.69, 9.17) is 24.0 Å². The Labute approximate surface area is 212 Å². The monoisotopic (exact) mass is 484 g/mol. The third kappa shape index (κ3) is 5.23. The second kappa shape index (κ2) is 11.0. The smallest absolute Gasteiger partial charge is 0.161 e. The number of benzene rings is 3. The van der Waals surface area contributed by atoms with Crippen molar-refractivity contribution < 1.29 is 18.9 Å². The molecule has 186 valence electrons. The maximum Gasteiger partial charge on any atom is 0.161 e. The van der Waals surface area contributed by atoms with Gasteiger partial charge in [0.1, 0.15) is 0 Å². The van der Waals surface area contributed by atoms with Crippen LogP contribution in [0.4, 0.5) is 0 Å². The minimum absolute atomic E-state index is 0.460. The van der Waals surface area contributed by atoms with Gasteiger partial charge in [-0.25, -0.2) is 4.68 Å². The second-order valence-corrected chi connectivity index (χ2v) is 8.63. The molecule has 36 heavy (non-hydrogen) atoms. The topological polar surface area (TPSA) is 54.7 Å². The van der Waals surface area contributed by atoms with E-state index in [9.17, 15) is 0 Å². The van der Waals surface area contributed by atoms with Crippen LogP contribution in [0, 0.1) is 0 Å². The van der Waals surface area contributed by atoms with E-state index in [1.54, 1.807) is 28.4 Å². The van der Waals surface area contributed by atoms with Crippen LogP contribution in [0.25, 0.3) is 29.1 Å². The van der Waals surface area contributed by atoms with E-state index in [1.165, 1.54) is 5.56 Å². The lowest BCUT2D eigenvalue weighted by Gasteiger charge is -2.12. The Hall–Kier alpha value is -4.19. The maximum absolute atomic E-state index is 5.55. The van der Waals surface area contributed by atoms with Crippen molar-refractivity contribution in [3.8, 4) is 39.9 Å². The standard InChI is InChI=1S/C30H32N2O4/c1-20(2)22-9-13-25(14-10-22)32-26(23-11-16-28(34-4)30(18-23)36-6)19-24(31-32)12-7-21-8-15-27(33-3)29(17-21)35-5/h7-20H,1-6H3. The Morgan fingerprint density at radius 2 is 1.28 bits per heavy atom. The Balaban J connectivity index is 1.77. The van der Waals surface area contributed by atoms with Crippen molar-refractivity contribution in [3.05, 3.63) is 83.6 Å². The van der Waals surface area contributed by atoms with E-state index in [-0.39, 0.29) is 0 Å². The lowest BCUT2D eigenvalue weighted by atomic mass is 10.0. The van der Waals surface area contributed by atoms with Gasteiger partial charge in [-0.1, -0.05) is 38.1 Å². The average molecular weight is 485 g/mol. The molecule has 0 fully saturated rings.